The number of nitrogens with zero attached hydrogens (tertiary/aromatic N) is 1. The Morgan fingerprint density at radius 3 is 2.69 bits per heavy atom. The van der Waals surface area contributed by atoms with Gasteiger partial charge in [0.05, 0.1) is 0 Å². The first-order chi connectivity index (χ1) is 7.41. The molecule has 2 atom stereocenters. The van der Waals surface area contributed by atoms with Crippen molar-refractivity contribution < 1.29 is 0 Å². The summed E-state index contributed by atoms with van der Waals surface area (Å²) in [6.45, 7) is 10.8. The fraction of sp³-hybridized carbons (Fsp3) is 1.00. The molecule has 0 amide bonds. The molecule has 1 aliphatic carbocycles. The van der Waals surface area contributed by atoms with Gasteiger partial charge in [-0.25, -0.2) is 0 Å². The SMILES string of the molecule is CC1(C)CN(CC2(C)CCCC2N)CCS1. The minimum Gasteiger partial charge on any atom is -0.327 e. The van der Waals surface area contributed by atoms with Gasteiger partial charge in [-0.2, -0.15) is 11.8 Å². The molecule has 94 valence electrons. The van der Waals surface area contributed by atoms with E-state index in [9.17, 15) is 0 Å². The second kappa shape index (κ2) is 4.51. The van der Waals surface area contributed by atoms with Crippen LogP contribution in [0.1, 0.15) is 40.0 Å². The Kier molecular flexibility index (Phi) is 3.58. The van der Waals surface area contributed by atoms with E-state index in [0.29, 0.717) is 16.2 Å². The zero-order valence-corrected chi connectivity index (χ0v) is 11.8. The monoisotopic (exact) mass is 242 g/mol. The molecule has 1 saturated carbocycles. The van der Waals surface area contributed by atoms with Gasteiger partial charge >= 0.3 is 0 Å². The lowest BCUT2D eigenvalue weighted by molar-refractivity contribution is 0.147. The van der Waals surface area contributed by atoms with Crippen LogP contribution in [0.3, 0.4) is 0 Å². The Bertz CT molecular complexity index is 254. The molecule has 16 heavy (non-hydrogen) atoms. The van der Waals surface area contributed by atoms with Crippen molar-refractivity contribution in [1.29, 1.82) is 0 Å². The molecule has 0 aromatic carbocycles. The maximum absolute atomic E-state index is 6.27. The maximum Gasteiger partial charge on any atom is 0.0231 e. The van der Waals surface area contributed by atoms with E-state index in [-0.39, 0.29) is 0 Å². The molecule has 3 heteroatoms. The molecular weight excluding hydrogens is 216 g/mol. The lowest BCUT2D eigenvalue weighted by Gasteiger charge is -2.42. The minimum atomic E-state index is 0.373. The summed E-state index contributed by atoms with van der Waals surface area (Å²) < 4.78 is 0.428. The van der Waals surface area contributed by atoms with E-state index in [1.165, 1.54) is 44.6 Å². The van der Waals surface area contributed by atoms with Crippen molar-refractivity contribution in [2.75, 3.05) is 25.4 Å². The number of nitrogens with two attached hydrogens (primary N) is 1. The van der Waals surface area contributed by atoms with E-state index in [0.717, 1.165) is 0 Å². The Morgan fingerprint density at radius 1 is 1.38 bits per heavy atom. The zero-order chi connectivity index (χ0) is 11.8. The zero-order valence-electron chi connectivity index (χ0n) is 11.0. The molecule has 0 spiro atoms. The Labute approximate surface area is 104 Å². The van der Waals surface area contributed by atoms with Crippen molar-refractivity contribution in [1.82, 2.24) is 4.90 Å². The van der Waals surface area contributed by atoms with E-state index >= 15 is 0 Å². The number of hydrogen-bond acceptors (Lipinski definition) is 3. The van der Waals surface area contributed by atoms with Crippen molar-refractivity contribution in [3.8, 4) is 0 Å². The molecule has 2 fully saturated rings. The first-order valence-electron chi connectivity index (χ1n) is 6.53. The van der Waals surface area contributed by atoms with Crippen molar-refractivity contribution in [2.45, 2.75) is 50.8 Å². The second-order valence-corrected chi connectivity index (χ2v) is 8.27. The topological polar surface area (TPSA) is 29.3 Å². The van der Waals surface area contributed by atoms with Crippen LogP contribution in [-0.2, 0) is 0 Å². The third-order valence-electron chi connectivity index (χ3n) is 4.25. The van der Waals surface area contributed by atoms with Crippen LogP contribution in [0.2, 0.25) is 0 Å². The van der Waals surface area contributed by atoms with Crippen LogP contribution in [0.4, 0.5) is 0 Å². The molecule has 2 N–H and O–H groups in total. The smallest absolute Gasteiger partial charge is 0.0231 e. The molecule has 0 radical (unpaired) electrons. The van der Waals surface area contributed by atoms with Gasteiger partial charge in [-0.3, -0.25) is 0 Å². The van der Waals surface area contributed by atoms with Crippen molar-refractivity contribution in [3.63, 3.8) is 0 Å². The molecule has 2 unspecified atom stereocenters. The summed E-state index contributed by atoms with van der Waals surface area (Å²) in [6.07, 6.45) is 3.87. The Hall–Kier alpha value is 0.270. The van der Waals surface area contributed by atoms with Gasteiger partial charge in [-0.1, -0.05) is 13.3 Å². The number of thioether (sulfide) groups is 1. The summed E-state index contributed by atoms with van der Waals surface area (Å²) >= 11 is 2.11. The van der Waals surface area contributed by atoms with Crippen LogP contribution < -0.4 is 5.73 Å². The van der Waals surface area contributed by atoms with Gasteiger partial charge in [0.2, 0.25) is 0 Å². The first kappa shape index (κ1) is 12.7. The van der Waals surface area contributed by atoms with Crippen LogP contribution in [-0.4, -0.2) is 41.1 Å². The second-order valence-electron chi connectivity index (χ2n) is 6.47. The predicted molar refractivity (Wildman–Crippen MR) is 72.9 cm³/mol. The molecule has 1 heterocycles. The van der Waals surface area contributed by atoms with Gasteiger partial charge in [0, 0.05) is 36.2 Å². The quantitative estimate of drug-likeness (QED) is 0.806. The summed E-state index contributed by atoms with van der Waals surface area (Å²) in [5.74, 6) is 1.28. The largest absolute Gasteiger partial charge is 0.327 e. The molecular formula is C13H26N2S. The lowest BCUT2D eigenvalue weighted by atomic mass is 9.84. The molecule has 0 aromatic heterocycles. The highest BCUT2D eigenvalue weighted by atomic mass is 32.2. The number of rotatable bonds is 2. The fourth-order valence-corrected chi connectivity index (χ4v) is 4.39. The van der Waals surface area contributed by atoms with E-state index in [2.05, 4.69) is 37.4 Å². The summed E-state index contributed by atoms with van der Waals surface area (Å²) in [5.41, 5.74) is 6.64. The van der Waals surface area contributed by atoms with Crippen LogP contribution in [0.5, 0.6) is 0 Å². The molecule has 0 aromatic rings. The van der Waals surface area contributed by atoms with E-state index in [1.807, 2.05) is 0 Å². The average molecular weight is 242 g/mol. The summed E-state index contributed by atoms with van der Waals surface area (Å²) in [4.78, 5) is 2.64. The van der Waals surface area contributed by atoms with Gasteiger partial charge < -0.3 is 10.6 Å². The average Bonchev–Trinajstić information content (AvgIpc) is 2.45. The van der Waals surface area contributed by atoms with Gasteiger partial charge in [0.1, 0.15) is 0 Å². The molecule has 2 aliphatic rings. The van der Waals surface area contributed by atoms with E-state index < -0.39 is 0 Å². The fourth-order valence-electron chi connectivity index (χ4n) is 3.22. The van der Waals surface area contributed by atoms with Crippen molar-refractivity contribution in [3.05, 3.63) is 0 Å². The predicted octanol–water partition coefficient (Wildman–Crippen LogP) is 2.33. The van der Waals surface area contributed by atoms with Gasteiger partial charge in [0.15, 0.2) is 0 Å². The van der Waals surface area contributed by atoms with Crippen molar-refractivity contribution in [2.24, 2.45) is 11.1 Å². The van der Waals surface area contributed by atoms with Crippen molar-refractivity contribution >= 4 is 11.8 Å². The lowest BCUT2D eigenvalue weighted by Crippen LogP contribution is -2.50. The van der Waals surface area contributed by atoms with Crippen LogP contribution in [0.25, 0.3) is 0 Å². The number of hydrogen-bond donors (Lipinski definition) is 1. The van der Waals surface area contributed by atoms with Crippen LogP contribution in [0.15, 0.2) is 0 Å². The summed E-state index contributed by atoms with van der Waals surface area (Å²) in [7, 11) is 0. The first-order valence-corrected chi connectivity index (χ1v) is 7.52. The van der Waals surface area contributed by atoms with E-state index in [1.54, 1.807) is 0 Å². The van der Waals surface area contributed by atoms with Gasteiger partial charge in [-0.15, -0.1) is 0 Å². The maximum atomic E-state index is 6.27. The molecule has 1 saturated heterocycles. The summed E-state index contributed by atoms with van der Waals surface area (Å²) in [5, 5.41) is 0. The molecule has 0 bridgehead atoms. The van der Waals surface area contributed by atoms with Crippen LogP contribution >= 0.6 is 11.8 Å². The molecule has 1 aliphatic heterocycles. The minimum absolute atomic E-state index is 0.373. The molecule has 2 nitrogen and oxygen atoms in total. The standard InChI is InChI=1S/C13H26N2S/c1-12(2)9-15(7-8-16-12)10-13(3)6-4-5-11(13)14/h11H,4-10,14H2,1-3H3. The highest BCUT2D eigenvalue weighted by Crippen LogP contribution is 2.39. The van der Waals surface area contributed by atoms with E-state index in [4.69, 9.17) is 5.73 Å². The van der Waals surface area contributed by atoms with Gasteiger partial charge in [0.25, 0.3) is 0 Å². The summed E-state index contributed by atoms with van der Waals surface area (Å²) in [6, 6.07) is 0.421. The molecule has 2 rings (SSSR count). The van der Waals surface area contributed by atoms with Crippen LogP contribution in [0, 0.1) is 5.41 Å². The highest BCUT2D eigenvalue weighted by molar-refractivity contribution is 8.00. The highest BCUT2D eigenvalue weighted by Gasteiger charge is 2.39. The Balaban J connectivity index is 1.94. The third kappa shape index (κ3) is 2.74. The van der Waals surface area contributed by atoms with Gasteiger partial charge in [-0.05, 0) is 32.1 Å². The normalized spacial score (nSPS) is 40.1. The Morgan fingerprint density at radius 2 is 2.12 bits per heavy atom. The third-order valence-corrected chi connectivity index (χ3v) is 5.54.